The van der Waals surface area contributed by atoms with Crippen LogP contribution in [0, 0.1) is 30.6 Å². The number of ether oxygens (including phenoxy) is 1. The van der Waals surface area contributed by atoms with Gasteiger partial charge in [0.05, 0.1) is 11.3 Å². The summed E-state index contributed by atoms with van der Waals surface area (Å²) in [7, 11) is 0. The normalized spacial score (nSPS) is 25.7. The first-order chi connectivity index (χ1) is 15.1. The Hall–Kier alpha value is -2.28. The fraction of sp³-hybridized carbons (Fsp3) is 0.560. The molecule has 1 aromatic heterocycles. The lowest BCUT2D eigenvalue weighted by Gasteiger charge is -2.39. The van der Waals surface area contributed by atoms with Gasteiger partial charge >= 0.3 is 5.97 Å². The van der Waals surface area contributed by atoms with Crippen LogP contribution in [0.1, 0.15) is 67.4 Å². The van der Waals surface area contributed by atoms with Gasteiger partial charge in [0.2, 0.25) is 0 Å². The number of rotatable bonds is 7. The van der Waals surface area contributed by atoms with Gasteiger partial charge < -0.3 is 14.6 Å². The summed E-state index contributed by atoms with van der Waals surface area (Å²) in [5, 5.41) is 7.13. The Bertz CT molecular complexity index is 1010. The first kappa shape index (κ1) is 22.9. The van der Waals surface area contributed by atoms with Crippen LogP contribution in [0.15, 0.2) is 33.7 Å². The maximum absolute atomic E-state index is 12.7. The van der Waals surface area contributed by atoms with Crippen molar-refractivity contribution in [3.63, 3.8) is 0 Å². The molecule has 3 unspecified atom stereocenters. The van der Waals surface area contributed by atoms with Gasteiger partial charge in [-0.3, -0.25) is 4.79 Å². The lowest BCUT2D eigenvalue weighted by molar-refractivity contribution is -0.126. The Balaban J connectivity index is 1.34. The van der Waals surface area contributed by atoms with Crippen LogP contribution in [0.4, 0.5) is 0 Å². The molecule has 1 heterocycles. The number of carbonyl (C=O) groups is 2. The molecular weight excluding hydrogens is 424 g/mol. The van der Waals surface area contributed by atoms with Crippen LogP contribution in [-0.4, -0.2) is 29.7 Å². The van der Waals surface area contributed by atoms with Crippen LogP contribution in [0.2, 0.25) is 0 Å². The molecular formula is C25H32N2O4S. The predicted molar refractivity (Wildman–Crippen MR) is 123 cm³/mol. The summed E-state index contributed by atoms with van der Waals surface area (Å²) in [6.07, 6.45) is 3.36. The van der Waals surface area contributed by atoms with Gasteiger partial charge in [-0.25, -0.2) is 4.79 Å². The Labute approximate surface area is 193 Å². The minimum absolute atomic E-state index is 0.0960. The Morgan fingerprint density at radius 2 is 2.00 bits per heavy atom. The molecule has 2 aliphatic carbocycles. The summed E-state index contributed by atoms with van der Waals surface area (Å²) >= 11 is 1.53. The van der Waals surface area contributed by atoms with Crippen LogP contribution in [0.3, 0.4) is 0 Å². The molecule has 2 saturated carbocycles. The van der Waals surface area contributed by atoms with Crippen molar-refractivity contribution in [1.29, 1.82) is 0 Å². The van der Waals surface area contributed by atoms with Gasteiger partial charge in [0.15, 0.2) is 6.61 Å². The summed E-state index contributed by atoms with van der Waals surface area (Å²) in [6.45, 7) is 10.4. The highest BCUT2D eigenvalue weighted by molar-refractivity contribution is 7.98. The fourth-order valence-electron chi connectivity index (χ4n) is 5.49. The first-order valence-corrected chi connectivity index (χ1v) is 12.2. The van der Waals surface area contributed by atoms with E-state index in [0.29, 0.717) is 17.2 Å². The number of hydrogen-bond acceptors (Lipinski definition) is 6. The SMILES string of the molecule is Cc1noc(C)c1CSc1ccccc1C(=O)OCC(=O)NC1CC2CCC1(C)C2(C)C. The van der Waals surface area contributed by atoms with Crippen LogP contribution in [-0.2, 0) is 15.3 Å². The number of thioether (sulfide) groups is 1. The Kier molecular flexibility index (Phi) is 6.14. The third kappa shape index (κ3) is 3.96. The van der Waals surface area contributed by atoms with Crippen molar-refractivity contribution in [2.75, 3.05) is 6.61 Å². The summed E-state index contributed by atoms with van der Waals surface area (Å²) in [5.74, 6) is 1.35. The van der Waals surface area contributed by atoms with Gasteiger partial charge in [-0.1, -0.05) is 38.1 Å². The van der Waals surface area contributed by atoms with Crippen LogP contribution in [0.5, 0.6) is 0 Å². The molecule has 2 aromatic rings. The molecule has 7 heteroatoms. The smallest absolute Gasteiger partial charge is 0.339 e. The first-order valence-electron chi connectivity index (χ1n) is 11.2. The largest absolute Gasteiger partial charge is 0.452 e. The monoisotopic (exact) mass is 456 g/mol. The zero-order valence-corrected chi connectivity index (χ0v) is 20.3. The average molecular weight is 457 g/mol. The average Bonchev–Trinajstić information content (AvgIpc) is 3.27. The number of amides is 1. The molecule has 0 radical (unpaired) electrons. The van der Waals surface area contributed by atoms with E-state index in [1.54, 1.807) is 12.1 Å². The highest BCUT2D eigenvalue weighted by Gasteiger charge is 2.61. The van der Waals surface area contributed by atoms with Crippen molar-refractivity contribution in [3.05, 3.63) is 46.8 Å². The van der Waals surface area contributed by atoms with Crippen LogP contribution >= 0.6 is 11.8 Å². The van der Waals surface area contributed by atoms with E-state index in [1.165, 1.54) is 18.2 Å². The van der Waals surface area contributed by atoms with E-state index in [4.69, 9.17) is 9.26 Å². The number of nitrogens with zero attached hydrogens (tertiary/aromatic N) is 1. The molecule has 32 heavy (non-hydrogen) atoms. The maximum atomic E-state index is 12.7. The van der Waals surface area contributed by atoms with E-state index in [9.17, 15) is 9.59 Å². The van der Waals surface area contributed by atoms with E-state index in [2.05, 4.69) is 31.2 Å². The molecule has 4 rings (SSSR count). The second kappa shape index (κ2) is 8.58. The van der Waals surface area contributed by atoms with Gasteiger partial charge in [-0.05, 0) is 62.0 Å². The molecule has 1 N–H and O–H groups in total. The molecule has 2 bridgehead atoms. The second-order valence-electron chi connectivity index (χ2n) is 9.89. The third-order valence-corrected chi connectivity index (χ3v) is 9.22. The van der Waals surface area contributed by atoms with Crippen molar-refractivity contribution < 1.29 is 18.8 Å². The molecule has 172 valence electrons. The summed E-state index contributed by atoms with van der Waals surface area (Å²) in [6, 6.07) is 7.44. The number of aromatic nitrogens is 1. The zero-order chi connectivity index (χ0) is 23.1. The molecule has 0 spiro atoms. The lowest BCUT2D eigenvalue weighted by atomic mass is 9.69. The molecule has 0 saturated heterocycles. The van der Waals surface area contributed by atoms with Gasteiger partial charge in [0.1, 0.15) is 5.76 Å². The van der Waals surface area contributed by atoms with Crippen LogP contribution in [0.25, 0.3) is 0 Å². The number of nitrogens with one attached hydrogen (secondary N) is 1. The van der Waals surface area contributed by atoms with E-state index in [-0.39, 0.29) is 29.4 Å². The molecule has 2 fully saturated rings. The minimum Gasteiger partial charge on any atom is -0.452 e. The highest BCUT2D eigenvalue weighted by atomic mass is 32.2. The van der Waals surface area contributed by atoms with Crippen molar-refractivity contribution in [2.45, 2.75) is 70.6 Å². The second-order valence-corrected chi connectivity index (χ2v) is 10.9. The van der Waals surface area contributed by atoms with E-state index < -0.39 is 5.97 Å². The minimum atomic E-state index is -0.485. The Morgan fingerprint density at radius 1 is 1.25 bits per heavy atom. The predicted octanol–water partition coefficient (Wildman–Crippen LogP) is 5.07. The molecule has 0 aliphatic heterocycles. The third-order valence-electron chi connectivity index (χ3n) is 8.12. The summed E-state index contributed by atoms with van der Waals surface area (Å²) in [5.41, 5.74) is 2.66. The van der Waals surface area contributed by atoms with E-state index in [0.717, 1.165) is 34.8 Å². The maximum Gasteiger partial charge on any atom is 0.339 e. The number of benzene rings is 1. The molecule has 1 amide bonds. The van der Waals surface area contributed by atoms with Gasteiger partial charge in [-0.15, -0.1) is 11.8 Å². The topological polar surface area (TPSA) is 81.4 Å². The van der Waals surface area contributed by atoms with Crippen molar-refractivity contribution in [2.24, 2.45) is 16.7 Å². The number of carbonyl (C=O) groups excluding carboxylic acids is 2. The standard InChI is InChI=1S/C25H32N2O4S/c1-15-19(16(2)31-27-15)14-32-20-9-7-6-8-18(20)23(29)30-13-22(28)26-21-12-17-10-11-25(21,5)24(17,3)4/h6-9,17,21H,10-14H2,1-5H3,(H,26,28). The zero-order valence-electron chi connectivity index (χ0n) is 19.5. The quantitative estimate of drug-likeness (QED) is 0.463. The highest BCUT2D eigenvalue weighted by Crippen LogP contribution is 2.65. The summed E-state index contributed by atoms with van der Waals surface area (Å²) < 4.78 is 10.6. The molecule has 1 aromatic carbocycles. The molecule has 6 nitrogen and oxygen atoms in total. The number of aryl methyl sites for hydroxylation is 2. The Morgan fingerprint density at radius 3 is 2.62 bits per heavy atom. The van der Waals surface area contributed by atoms with Gasteiger partial charge in [-0.2, -0.15) is 0 Å². The van der Waals surface area contributed by atoms with E-state index in [1.807, 2.05) is 26.0 Å². The fourth-order valence-corrected chi connectivity index (χ4v) is 6.68. The van der Waals surface area contributed by atoms with Gasteiger partial charge in [0.25, 0.3) is 5.91 Å². The van der Waals surface area contributed by atoms with E-state index >= 15 is 0 Å². The summed E-state index contributed by atoms with van der Waals surface area (Å²) in [4.78, 5) is 26.1. The van der Waals surface area contributed by atoms with Crippen molar-refractivity contribution in [3.8, 4) is 0 Å². The van der Waals surface area contributed by atoms with Gasteiger partial charge in [0, 0.05) is 22.3 Å². The molecule has 3 atom stereocenters. The molecule has 2 aliphatic rings. The number of esters is 1. The number of hydrogen-bond donors (Lipinski definition) is 1. The van der Waals surface area contributed by atoms with Crippen LogP contribution < -0.4 is 5.32 Å². The number of fused-ring (bicyclic) bond motifs is 2. The van der Waals surface area contributed by atoms with Crippen molar-refractivity contribution in [1.82, 2.24) is 10.5 Å². The lowest BCUT2D eigenvalue weighted by Crippen LogP contribution is -2.48. The van der Waals surface area contributed by atoms with Crippen molar-refractivity contribution >= 4 is 23.6 Å².